The van der Waals surface area contributed by atoms with Crippen LogP contribution >= 0.6 is 0 Å². The molecule has 0 saturated heterocycles. The number of carbonyl (C=O) groups is 2. The average molecular weight is 228 g/mol. The maximum absolute atomic E-state index is 11.2. The summed E-state index contributed by atoms with van der Waals surface area (Å²) in [5, 5.41) is 20.7. The first-order chi connectivity index (χ1) is 7.50. The average Bonchev–Trinajstić information content (AvgIpc) is 2.49. The number of rotatable bonds is 4. The van der Waals surface area contributed by atoms with Gasteiger partial charge in [-0.25, -0.2) is 4.79 Å². The van der Waals surface area contributed by atoms with Crippen molar-refractivity contribution in [2.75, 3.05) is 6.54 Å². The van der Waals surface area contributed by atoms with Crippen molar-refractivity contribution in [1.82, 2.24) is 10.0 Å². The van der Waals surface area contributed by atoms with Crippen LogP contribution in [0.1, 0.15) is 13.3 Å². The monoisotopic (exact) mass is 228 g/mol. The Labute approximate surface area is 91.2 Å². The molecule has 1 amide bonds. The van der Waals surface area contributed by atoms with E-state index in [-0.39, 0.29) is 30.6 Å². The summed E-state index contributed by atoms with van der Waals surface area (Å²) in [6, 6.07) is 2.35. The number of carbonyl (C=O) groups excluding carboxylic acids is 2. The fraction of sp³-hybridized carbons (Fsp3) is 0.333. The van der Waals surface area contributed by atoms with E-state index < -0.39 is 5.97 Å². The second kappa shape index (κ2) is 5.06. The zero-order valence-electron chi connectivity index (χ0n) is 8.64. The van der Waals surface area contributed by atoms with E-state index in [2.05, 4.69) is 10.2 Å². The molecule has 7 nitrogen and oxygen atoms in total. The molecule has 0 aliphatic carbocycles. The second-order valence-corrected chi connectivity index (χ2v) is 3.04. The highest BCUT2D eigenvalue weighted by Gasteiger charge is 2.11. The molecule has 0 aliphatic heterocycles. The van der Waals surface area contributed by atoms with Gasteiger partial charge in [-0.2, -0.15) is 0 Å². The lowest BCUT2D eigenvalue weighted by Crippen LogP contribution is -2.27. The van der Waals surface area contributed by atoms with Crippen LogP contribution in [0.5, 0.6) is 11.8 Å². The predicted molar refractivity (Wildman–Crippen MR) is 52.6 cm³/mol. The number of hydrogen-bond acceptors (Lipinski definition) is 5. The number of nitrogens with zero attached hydrogens (tertiary/aromatic N) is 1. The number of nitrogens with one attached hydrogen (secondary N) is 1. The molecule has 3 N–H and O–H groups in total. The minimum Gasteiger partial charge on any atom is -0.492 e. The Bertz CT molecular complexity index is 379. The molecule has 1 aromatic heterocycles. The fourth-order valence-electron chi connectivity index (χ4n) is 0.983. The van der Waals surface area contributed by atoms with Gasteiger partial charge in [0.1, 0.15) is 0 Å². The van der Waals surface area contributed by atoms with E-state index in [1.54, 1.807) is 0 Å². The summed E-state index contributed by atoms with van der Waals surface area (Å²) < 4.78 is 0.593. The van der Waals surface area contributed by atoms with Crippen molar-refractivity contribution in [3.8, 4) is 11.8 Å². The molecule has 0 aromatic carbocycles. The van der Waals surface area contributed by atoms with E-state index in [9.17, 15) is 9.59 Å². The Hall–Kier alpha value is -2.18. The zero-order chi connectivity index (χ0) is 12.1. The lowest BCUT2D eigenvalue weighted by Gasteiger charge is -2.06. The SMILES string of the molecule is CC(=O)NCCC(=O)On1c(O)ccc1O. The largest absolute Gasteiger partial charge is 0.492 e. The summed E-state index contributed by atoms with van der Waals surface area (Å²) >= 11 is 0. The maximum atomic E-state index is 11.2. The van der Waals surface area contributed by atoms with E-state index in [1.807, 2.05) is 0 Å². The van der Waals surface area contributed by atoms with Gasteiger partial charge in [0.05, 0.1) is 6.42 Å². The predicted octanol–water partition coefficient (Wildman–Crippen LogP) is -0.619. The van der Waals surface area contributed by atoms with Gasteiger partial charge in [-0.3, -0.25) is 4.79 Å². The van der Waals surface area contributed by atoms with Gasteiger partial charge in [0.25, 0.3) is 0 Å². The van der Waals surface area contributed by atoms with E-state index in [1.165, 1.54) is 19.1 Å². The van der Waals surface area contributed by atoms with Crippen molar-refractivity contribution in [2.45, 2.75) is 13.3 Å². The summed E-state index contributed by atoms with van der Waals surface area (Å²) in [5.41, 5.74) is 0. The molecule has 7 heteroatoms. The van der Waals surface area contributed by atoms with Crippen LogP contribution < -0.4 is 10.2 Å². The highest BCUT2D eigenvalue weighted by Crippen LogP contribution is 2.18. The standard InChI is InChI=1S/C9H12N2O5/c1-6(12)10-5-4-9(15)16-11-7(13)2-3-8(11)14/h2-3,13-14H,4-5H2,1H3,(H,10,12). The molecule has 0 radical (unpaired) electrons. The minimum absolute atomic E-state index is 0.0589. The van der Waals surface area contributed by atoms with Gasteiger partial charge in [-0.15, -0.1) is 4.73 Å². The van der Waals surface area contributed by atoms with E-state index in [4.69, 9.17) is 10.2 Å². The molecule has 0 unspecified atom stereocenters. The Morgan fingerprint density at radius 3 is 2.44 bits per heavy atom. The normalized spacial score (nSPS) is 9.81. The maximum Gasteiger partial charge on any atom is 0.334 e. The lowest BCUT2D eigenvalue weighted by atomic mass is 10.4. The molecule has 0 aliphatic rings. The Balaban J connectivity index is 2.43. The molecule has 0 fully saturated rings. The fourth-order valence-corrected chi connectivity index (χ4v) is 0.983. The van der Waals surface area contributed by atoms with Gasteiger partial charge in [-0.1, -0.05) is 0 Å². The molecule has 1 heterocycles. The van der Waals surface area contributed by atoms with E-state index in [0.717, 1.165) is 0 Å². The van der Waals surface area contributed by atoms with Crippen molar-refractivity contribution in [2.24, 2.45) is 0 Å². The molecular weight excluding hydrogens is 216 g/mol. The highest BCUT2D eigenvalue weighted by atomic mass is 16.7. The van der Waals surface area contributed by atoms with Crippen molar-refractivity contribution < 1.29 is 24.6 Å². The molecule has 1 aromatic rings. The Kier molecular flexibility index (Phi) is 3.76. The minimum atomic E-state index is -0.685. The van der Waals surface area contributed by atoms with Crippen molar-refractivity contribution in [3.05, 3.63) is 12.1 Å². The third kappa shape index (κ3) is 3.19. The summed E-state index contributed by atoms with van der Waals surface area (Å²) in [6.45, 7) is 1.46. The Morgan fingerprint density at radius 1 is 1.38 bits per heavy atom. The van der Waals surface area contributed by atoms with Gasteiger partial charge in [0.15, 0.2) is 0 Å². The zero-order valence-corrected chi connectivity index (χ0v) is 8.64. The first kappa shape index (κ1) is 11.9. The van der Waals surface area contributed by atoms with Crippen LogP contribution in [0, 0.1) is 0 Å². The van der Waals surface area contributed by atoms with Crippen LogP contribution in [0.25, 0.3) is 0 Å². The number of amides is 1. The summed E-state index contributed by atoms with van der Waals surface area (Å²) in [4.78, 5) is 26.3. The summed E-state index contributed by atoms with van der Waals surface area (Å²) in [5.74, 6) is -1.70. The third-order valence-electron chi connectivity index (χ3n) is 1.69. The smallest absolute Gasteiger partial charge is 0.334 e. The van der Waals surface area contributed by atoms with Gasteiger partial charge in [-0.05, 0) is 0 Å². The van der Waals surface area contributed by atoms with E-state index in [0.29, 0.717) is 4.73 Å². The first-order valence-corrected chi connectivity index (χ1v) is 4.56. The number of hydrogen-bond donors (Lipinski definition) is 3. The number of aromatic hydroxyl groups is 2. The third-order valence-corrected chi connectivity index (χ3v) is 1.69. The molecule has 88 valence electrons. The summed E-state index contributed by atoms with van der Waals surface area (Å²) in [7, 11) is 0. The van der Waals surface area contributed by atoms with Crippen molar-refractivity contribution in [3.63, 3.8) is 0 Å². The van der Waals surface area contributed by atoms with Gasteiger partial charge >= 0.3 is 5.97 Å². The lowest BCUT2D eigenvalue weighted by molar-refractivity contribution is -0.145. The second-order valence-electron chi connectivity index (χ2n) is 3.04. The van der Waals surface area contributed by atoms with Crippen LogP contribution in [0.4, 0.5) is 0 Å². The quantitative estimate of drug-likeness (QED) is 0.637. The van der Waals surface area contributed by atoms with Crippen LogP contribution in [0.3, 0.4) is 0 Å². The van der Waals surface area contributed by atoms with Crippen molar-refractivity contribution >= 4 is 11.9 Å². The number of aromatic nitrogens is 1. The molecule has 0 spiro atoms. The van der Waals surface area contributed by atoms with Gasteiger partial charge in [0, 0.05) is 25.6 Å². The van der Waals surface area contributed by atoms with Crippen LogP contribution in [0.2, 0.25) is 0 Å². The molecule has 0 atom stereocenters. The van der Waals surface area contributed by atoms with Crippen LogP contribution in [-0.2, 0) is 9.59 Å². The molecule has 0 saturated carbocycles. The van der Waals surface area contributed by atoms with Crippen LogP contribution in [0.15, 0.2) is 12.1 Å². The van der Waals surface area contributed by atoms with Gasteiger partial charge in [0.2, 0.25) is 17.7 Å². The molecular formula is C9H12N2O5. The molecule has 0 bridgehead atoms. The van der Waals surface area contributed by atoms with E-state index >= 15 is 0 Å². The topological polar surface area (TPSA) is 101 Å². The van der Waals surface area contributed by atoms with Gasteiger partial charge < -0.3 is 20.4 Å². The van der Waals surface area contributed by atoms with Crippen molar-refractivity contribution in [1.29, 1.82) is 0 Å². The molecule has 16 heavy (non-hydrogen) atoms. The Morgan fingerprint density at radius 2 is 1.94 bits per heavy atom. The first-order valence-electron chi connectivity index (χ1n) is 4.56. The highest BCUT2D eigenvalue weighted by molar-refractivity contribution is 5.74. The van der Waals surface area contributed by atoms with Crippen LogP contribution in [-0.4, -0.2) is 33.4 Å². The summed E-state index contributed by atoms with van der Waals surface area (Å²) in [6.07, 6.45) is -0.0589. The molecule has 1 rings (SSSR count).